The molecular formula is C15H13Br2NO2. The summed E-state index contributed by atoms with van der Waals surface area (Å²) in [5, 5.41) is 3.65. The topological polar surface area (TPSA) is 38.3 Å². The molecule has 0 aromatic heterocycles. The average molecular weight is 399 g/mol. The maximum Gasteiger partial charge on any atom is 0.259 e. The largest absolute Gasteiger partial charge is 0.496 e. The Hall–Kier alpha value is -1.33. The molecule has 2 aromatic rings. The number of methoxy groups -OCH3 is 1. The minimum Gasteiger partial charge on any atom is -0.496 e. The number of hydrogen-bond donors (Lipinski definition) is 1. The van der Waals surface area contributed by atoms with E-state index in [1.165, 1.54) is 0 Å². The number of alkyl halides is 1. The predicted octanol–water partition coefficient (Wildman–Crippen LogP) is 4.60. The lowest BCUT2D eigenvalue weighted by atomic mass is 10.1. The molecule has 0 fully saturated rings. The molecule has 2 rings (SSSR count). The lowest BCUT2D eigenvalue weighted by Gasteiger charge is -2.10. The summed E-state index contributed by atoms with van der Waals surface area (Å²) in [4.78, 5) is 12.2. The molecule has 0 spiro atoms. The molecule has 0 saturated heterocycles. The number of rotatable bonds is 4. The zero-order chi connectivity index (χ0) is 14.5. The van der Waals surface area contributed by atoms with E-state index >= 15 is 0 Å². The first-order valence-electron chi connectivity index (χ1n) is 5.94. The van der Waals surface area contributed by atoms with Crippen LogP contribution in [0.15, 0.2) is 46.9 Å². The lowest BCUT2D eigenvalue weighted by molar-refractivity contribution is 0.102. The van der Waals surface area contributed by atoms with Crippen molar-refractivity contribution in [3.63, 3.8) is 0 Å². The molecule has 0 heterocycles. The van der Waals surface area contributed by atoms with Gasteiger partial charge in [0, 0.05) is 15.5 Å². The van der Waals surface area contributed by atoms with Gasteiger partial charge in [-0.05, 0) is 35.9 Å². The highest BCUT2D eigenvalue weighted by atomic mass is 79.9. The fourth-order valence-electron chi connectivity index (χ4n) is 1.73. The summed E-state index contributed by atoms with van der Waals surface area (Å²) in [5.74, 6) is 0.342. The molecule has 2 aromatic carbocycles. The van der Waals surface area contributed by atoms with Crippen molar-refractivity contribution in [2.24, 2.45) is 0 Å². The Morgan fingerprint density at radius 1 is 1.20 bits per heavy atom. The maximum atomic E-state index is 12.2. The van der Waals surface area contributed by atoms with E-state index in [1.807, 2.05) is 30.3 Å². The minimum atomic E-state index is -0.194. The molecule has 104 valence electrons. The van der Waals surface area contributed by atoms with E-state index in [-0.39, 0.29) is 5.91 Å². The van der Waals surface area contributed by atoms with Crippen LogP contribution in [0.5, 0.6) is 5.75 Å². The Balaban J connectivity index is 2.19. The molecule has 0 aliphatic carbocycles. The first-order valence-corrected chi connectivity index (χ1v) is 7.85. The fraction of sp³-hybridized carbons (Fsp3) is 0.133. The van der Waals surface area contributed by atoms with Crippen LogP contribution in [0.25, 0.3) is 0 Å². The second-order valence-corrected chi connectivity index (χ2v) is 5.61. The van der Waals surface area contributed by atoms with Gasteiger partial charge in [-0.3, -0.25) is 4.79 Å². The highest BCUT2D eigenvalue weighted by Gasteiger charge is 2.12. The van der Waals surface area contributed by atoms with Gasteiger partial charge in [0.15, 0.2) is 0 Å². The van der Waals surface area contributed by atoms with Crippen LogP contribution in [0.1, 0.15) is 15.9 Å². The highest BCUT2D eigenvalue weighted by molar-refractivity contribution is 9.10. The summed E-state index contributed by atoms with van der Waals surface area (Å²) in [5.41, 5.74) is 2.41. The van der Waals surface area contributed by atoms with Gasteiger partial charge < -0.3 is 10.1 Å². The number of carbonyl (C=O) groups is 1. The molecule has 0 radical (unpaired) electrons. The van der Waals surface area contributed by atoms with E-state index in [4.69, 9.17) is 4.74 Å². The van der Waals surface area contributed by atoms with Crippen molar-refractivity contribution in [3.8, 4) is 5.75 Å². The van der Waals surface area contributed by atoms with Gasteiger partial charge in [-0.15, -0.1) is 0 Å². The normalized spacial score (nSPS) is 10.2. The molecular weight excluding hydrogens is 386 g/mol. The van der Waals surface area contributed by atoms with E-state index in [0.29, 0.717) is 11.3 Å². The van der Waals surface area contributed by atoms with Crippen LogP contribution in [0.4, 0.5) is 5.69 Å². The van der Waals surface area contributed by atoms with E-state index in [9.17, 15) is 4.79 Å². The molecule has 0 unspecified atom stereocenters. The van der Waals surface area contributed by atoms with Crippen molar-refractivity contribution in [1.82, 2.24) is 0 Å². The third kappa shape index (κ3) is 3.61. The third-order valence-corrected chi connectivity index (χ3v) is 3.92. The predicted molar refractivity (Wildman–Crippen MR) is 87.7 cm³/mol. The molecule has 5 heteroatoms. The van der Waals surface area contributed by atoms with Gasteiger partial charge in [0.25, 0.3) is 5.91 Å². The molecule has 0 saturated carbocycles. The number of halogens is 2. The van der Waals surface area contributed by atoms with Crippen molar-refractivity contribution < 1.29 is 9.53 Å². The van der Waals surface area contributed by atoms with E-state index in [0.717, 1.165) is 21.1 Å². The smallest absolute Gasteiger partial charge is 0.259 e. The summed E-state index contributed by atoms with van der Waals surface area (Å²) in [6.45, 7) is 0. The number of anilines is 1. The molecule has 0 aliphatic heterocycles. The lowest BCUT2D eigenvalue weighted by Crippen LogP contribution is -2.13. The second-order valence-electron chi connectivity index (χ2n) is 4.13. The Labute approximate surface area is 134 Å². The first-order chi connectivity index (χ1) is 9.63. The number of carbonyl (C=O) groups excluding carboxylic acids is 1. The maximum absolute atomic E-state index is 12.2. The van der Waals surface area contributed by atoms with Crippen LogP contribution >= 0.6 is 31.9 Å². The molecule has 3 nitrogen and oxygen atoms in total. The molecule has 1 N–H and O–H groups in total. The van der Waals surface area contributed by atoms with Crippen LogP contribution in [-0.4, -0.2) is 13.0 Å². The molecule has 0 bridgehead atoms. The van der Waals surface area contributed by atoms with Crippen molar-refractivity contribution in [2.45, 2.75) is 5.33 Å². The highest BCUT2D eigenvalue weighted by Crippen LogP contribution is 2.24. The Morgan fingerprint density at radius 3 is 2.50 bits per heavy atom. The summed E-state index contributed by atoms with van der Waals surface area (Å²) in [6, 6.07) is 13.0. The minimum absolute atomic E-state index is 0.194. The van der Waals surface area contributed by atoms with Crippen LogP contribution in [0, 0.1) is 0 Å². The first kappa shape index (κ1) is 15.1. The monoisotopic (exact) mass is 397 g/mol. The summed E-state index contributed by atoms with van der Waals surface area (Å²) in [6.07, 6.45) is 0. The van der Waals surface area contributed by atoms with Crippen molar-refractivity contribution in [2.75, 3.05) is 12.4 Å². The third-order valence-electron chi connectivity index (χ3n) is 2.77. The van der Waals surface area contributed by atoms with Gasteiger partial charge in [0.05, 0.1) is 12.7 Å². The van der Waals surface area contributed by atoms with Crippen LogP contribution in [-0.2, 0) is 5.33 Å². The second kappa shape index (κ2) is 6.90. The van der Waals surface area contributed by atoms with Crippen LogP contribution < -0.4 is 10.1 Å². The van der Waals surface area contributed by atoms with Gasteiger partial charge in [-0.1, -0.05) is 44.0 Å². The van der Waals surface area contributed by atoms with Gasteiger partial charge in [-0.25, -0.2) is 0 Å². The standard InChI is InChI=1S/C15H13Br2NO2/c1-20-14-8-11(17)4-7-13(14)15(19)18-12-5-2-10(9-16)3-6-12/h2-8H,9H2,1H3,(H,18,19). The van der Waals surface area contributed by atoms with Crippen LogP contribution in [0.3, 0.4) is 0 Å². The summed E-state index contributed by atoms with van der Waals surface area (Å²) < 4.78 is 6.09. The van der Waals surface area contributed by atoms with Crippen molar-refractivity contribution in [1.29, 1.82) is 0 Å². The SMILES string of the molecule is COc1cc(Br)ccc1C(=O)Nc1ccc(CBr)cc1. The zero-order valence-electron chi connectivity index (χ0n) is 10.8. The number of hydrogen-bond acceptors (Lipinski definition) is 2. The van der Waals surface area contributed by atoms with Crippen molar-refractivity contribution >= 4 is 43.5 Å². The van der Waals surface area contributed by atoms with Crippen LogP contribution in [0.2, 0.25) is 0 Å². The number of benzene rings is 2. The Morgan fingerprint density at radius 2 is 1.90 bits per heavy atom. The van der Waals surface area contributed by atoms with E-state index in [2.05, 4.69) is 37.2 Å². The molecule has 0 aliphatic rings. The number of nitrogens with one attached hydrogen (secondary N) is 1. The number of ether oxygens (including phenoxy) is 1. The van der Waals surface area contributed by atoms with Gasteiger partial charge in [-0.2, -0.15) is 0 Å². The molecule has 0 atom stereocenters. The molecule has 1 amide bonds. The van der Waals surface area contributed by atoms with Gasteiger partial charge in [0.2, 0.25) is 0 Å². The zero-order valence-corrected chi connectivity index (χ0v) is 14.0. The van der Waals surface area contributed by atoms with E-state index < -0.39 is 0 Å². The van der Waals surface area contributed by atoms with Gasteiger partial charge in [0.1, 0.15) is 5.75 Å². The average Bonchev–Trinajstić information content (AvgIpc) is 2.47. The van der Waals surface area contributed by atoms with E-state index in [1.54, 1.807) is 19.2 Å². The number of amides is 1. The summed E-state index contributed by atoms with van der Waals surface area (Å²) in [7, 11) is 1.54. The van der Waals surface area contributed by atoms with Crippen molar-refractivity contribution in [3.05, 3.63) is 58.1 Å². The Kier molecular flexibility index (Phi) is 5.20. The fourth-order valence-corrected chi connectivity index (χ4v) is 2.44. The molecule has 20 heavy (non-hydrogen) atoms. The Bertz CT molecular complexity index is 612. The quantitative estimate of drug-likeness (QED) is 0.764. The van der Waals surface area contributed by atoms with Gasteiger partial charge >= 0.3 is 0 Å². The summed E-state index contributed by atoms with van der Waals surface area (Å²) >= 11 is 6.74.